The lowest BCUT2D eigenvalue weighted by Crippen LogP contribution is -2.64. The quantitative estimate of drug-likeness (QED) is 0.145. The van der Waals surface area contributed by atoms with Gasteiger partial charge in [-0.15, -0.1) is 6.58 Å². The van der Waals surface area contributed by atoms with Gasteiger partial charge < -0.3 is 15.2 Å². The van der Waals surface area contributed by atoms with Gasteiger partial charge in [0.25, 0.3) is 6.47 Å². The number of carbonyl (C=O) groups excluding carboxylic acids is 1. The Morgan fingerprint density at radius 1 is 1.06 bits per heavy atom. The van der Waals surface area contributed by atoms with Crippen LogP contribution in [0.4, 0.5) is 4.39 Å². The molecule has 54 heavy (non-hydrogen) atoms. The highest BCUT2D eigenvalue weighted by Crippen LogP contribution is 2.72. The monoisotopic (exact) mass is 773 g/mol. The highest BCUT2D eigenvalue weighted by atomic mass is 32.2. The number of nitrogens with zero attached hydrogens (tertiary/aromatic N) is 1. The van der Waals surface area contributed by atoms with Crippen molar-refractivity contribution in [2.45, 2.75) is 137 Å². The highest BCUT2D eigenvalue weighted by molar-refractivity contribution is 7.85. The van der Waals surface area contributed by atoms with E-state index in [1.165, 1.54) is 69.8 Å². The molecule has 0 amide bonds. The summed E-state index contributed by atoms with van der Waals surface area (Å²) in [4.78, 5) is 23.3. The molecule has 4 saturated carbocycles. The first-order chi connectivity index (χ1) is 25.8. The van der Waals surface area contributed by atoms with Crippen molar-refractivity contribution in [2.75, 3.05) is 44.4 Å². The summed E-state index contributed by atoms with van der Waals surface area (Å²) in [7, 11) is -0.938. The Labute approximate surface area is 329 Å². The zero-order chi connectivity index (χ0) is 39.3. The number of carbonyl (C=O) groups is 2. The number of esters is 1. The third-order valence-electron chi connectivity index (χ3n) is 16.0. The van der Waals surface area contributed by atoms with Gasteiger partial charge in [-0.2, -0.15) is 0 Å². The average Bonchev–Trinajstić information content (AvgIpc) is 3.57. The van der Waals surface area contributed by atoms with Crippen molar-refractivity contribution in [2.24, 2.45) is 51.8 Å². The predicted octanol–water partition coefficient (Wildman–Crippen LogP) is 8.92. The van der Waals surface area contributed by atoms with E-state index < -0.39 is 10.8 Å². The summed E-state index contributed by atoms with van der Waals surface area (Å²) in [5.74, 6) is 4.97. The fraction of sp³-hybridized carbons (Fsp3) is 0.822. The first-order valence-corrected chi connectivity index (χ1v) is 22.9. The maximum absolute atomic E-state index is 13.4. The second-order valence-electron chi connectivity index (χ2n) is 18.8. The van der Waals surface area contributed by atoms with Crippen molar-refractivity contribution in [1.82, 2.24) is 10.2 Å². The number of alkyl halides is 1. The zero-order valence-corrected chi connectivity index (χ0v) is 35.3. The number of allylic oxidation sites excluding steroid dienone is 5. The van der Waals surface area contributed by atoms with Crippen LogP contribution in [0.2, 0.25) is 0 Å². The van der Waals surface area contributed by atoms with Gasteiger partial charge in [0.1, 0.15) is 6.04 Å². The van der Waals surface area contributed by atoms with Crippen LogP contribution >= 0.6 is 0 Å². The lowest BCUT2D eigenvalue weighted by atomic mass is 9.37. The summed E-state index contributed by atoms with van der Waals surface area (Å²) >= 11 is 0. The lowest BCUT2D eigenvalue weighted by Gasteiger charge is -2.68. The molecule has 0 radical (unpaired) electrons. The number of hydrogen-bond acceptors (Lipinski definition) is 6. The van der Waals surface area contributed by atoms with Crippen molar-refractivity contribution in [1.29, 1.82) is 0 Å². The third-order valence-corrected chi connectivity index (χ3v) is 17.3. The van der Waals surface area contributed by atoms with Gasteiger partial charge in [0.2, 0.25) is 0 Å². The molecular weight excluding hydrogens is 700 g/mol. The molecule has 7 rings (SSSR count). The maximum atomic E-state index is 13.4. The van der Waals surface area contributed by atoms with Gasteiger partial charge in [0, 0.05) is 47.5 Å². The summed E-state index contributed by atoms with van der Waals surface area (Å²) < 4.78 is 31.1. The number of fused-ring (bicyclic) bond motifs is 7. The summed E-state index contributed by atoms with van der Waals surface area (Å²) in [6, 6.07) is -0.371. The molecule has 0 aromatic carbocycles. The number of nitrogens with one attached hydrogen (secondary N) is 1. The molecule has 0 aromatic rings. The Balaban J connectivity index is 0.000000878. The standard InChI is InChI=1S/C41H65FN2O3S.C3H6.CH2O2/c1-6-47-37(45)34-27-48(46)25-24-44(34)23-22-43-41-18-7-8-33(41)30-13-14-36-39(4,32(30)16-21-41)20-17-35-38(2,3)31(15-19-40(35,36)5)29-11-9-28(26-42)10-12-29;1-3-2;2-1-3/h11,15,28,30,32-36,43H,6-10,12-14,16-27H2,1-5H3;3H,1H2,2H3;1H,(H,2,3). The van der Waals surface area contributed by atoms with Gasteiger partial charge in [-0.3, -0.25) is 23.1 Å². The molecule has 5 fully saturated rings. The summed E-state index contributed by atoms with van der Waals surface area (Å²) in [6.07, 6.45) is 23.1. The number of hydrogen-bond donors (Lipinski definition) is 2. The second kappa shape index (κ2) is 18.2. The fourth-order valence-electron chi connectivity index (χ4n) is 13.9. The van der Waals surface area contributed by atoms with E-state index in [2.05, 4.69) is 56.6 Å². The number of carboxylic acid groups (broad SMARTS) is 1. The minimum absolute atomic E-state index is 0.173. The Kier molecular flexibility index (Phi) is 14.6. The van der Waals surface area contributed by atoms with Crippen molar-refractivity contribution in [3.05, 3.63) is 36.0 Å². The molecular formula is C45H73FN2O5S. The summed E-state index contributed by atoms with van der Waals surface area (Å²) in [5, 5.41) is 11.1. The van der Waals surface area contributed by atoms with Gasteiger partial charge in [0.15, 0.2) is 0 Å². The van der Waals surface area contributed by atoms with Crippen molar-refractivity contribution < 1.29 is 28.0 Å². The van der Waals surface area contributed by atoms with Gasteiger partial charge in [0.05, 0.1) is 13.3 Å². The SMILES string of the molecule is C=CC.CCOC(=O)C1CS(=O)CCN1CCNC12CCCC1C1CCC3C(C)(CCC4C(C)(C)C(C5=CCC(CF)CC5)=CCC43C)C1CC2.O=CO. The Bertz CT molecular complexity index is 1410. The molecule has 0 spiro atoms. The van der Waals surface area contributed by atoms with Crippen LogP contribution in [0.25, 0.3) is 0 Å². The topological polar surface area (TPSA) is 95.9 Å². The van der Waals surface area contributed by atoms with Crippen LogP contribution in [0.15, 0.2) is 36.0 Å². The first-order valence-electron chi connectivity index (χ1n) is 21.4. The van der Waals surface area contributed by atoms with E-state index in [9.17, 15) is 13.4 Å². The van der Waals surface area contributed by atoms with E-state index in [0.717, 1.165) is 56.0 Å². The predicted molar refractivity (Wildman–Crippen MR) is 218 cm³/mol. The molecule has 11 unspecified atom stereocenters. The van der Waals surface area contributed by atoms with Gasteiger partial charge in [-0.05, 0) is 154 Å². The molecule has 9 heteroatoms. The van der Waals surface area contributed by atoms with Gasteiger partial charge in [-0.25, -0.2) is 0 Å². The minimum atomic E-state index is -0.938. The minimum Gasteiger partial charge on any atom is -0.483 e. The molecule has 7 nitrogen and oxygen atoms in total. The van der Waals surface area contributed by atoms with Crippen LogP contribution in [0.1, 0.15) is 125 Å². The Morgan fingerprint density at radius 2 is 1.80 bits per heavy atom. The molecule has 2 N–H and O–H groups in total. The van der Waals surface area contributed by atoms with E-state index in [0.29, 0.717) is 41.4 Å². The van der Waals surface area contributed by atoms with Crippen molar-refractivity contribution >= 4 is 23.2 Å². The van der Waals surface area contributed by atoms with Crippen LogP contribution < -0.4 is 5.32 Å². The molecule has 1 aliphatic heterocycles. The lowest BCUT2D eigenvalue weighted by molar-refractivity contribution is -0.175. The largest absolute Gasteiger partial charge is 0.483 e. The van der Waals surface area contributed by atoms with Gasteiger partial charge in [-0.1, -0.05) is 52.3 Å². The zero-order valence-electron chi connectivity index (χ0n) is 34.5. The second-order valence-corrected chi connectivity index (χ2v) is 20.4. The molecule has 11 atom stereocenters. The van der Waals surface area contributed by atoms with E-state index in [1.54, 1.807) is 11.6 Å². The van der Waals surface area contributed by atoms with Crippen LogP contribution in [0, 0.1) is 51.8 Å². The first kappa shape index (κ1) is 43.3. The van der Waals surface area contributed by atoms with E-state index >= 15 is 0 Å². The molecule has 1 saturated heterocycles. The molecule has 0 aromatic heterocycles. The molecule has 7 aliphatic rings. The number of halogens is 1. The number of rotatable bonds is 8. The van der Waals surface area contributed by atoms with Crippen LogP contribution in [0.5, 0.6) is 0 Å². The van der Waals surface area contributed by atoms with Crippen molar-refractivity contribution in [3.8, 4) is 0 Å². The van der Waals surface area contributed by atoms with E-state index in [-0.39, 0.29) is 42.0 Å². The molecule has 6 aliphatic carbocycles. The van der Waals surface area contributed by atoms with E-state index in [4.69, 9.17) is 14.6 Å². The maximum Gasteiger partial charge on any atom is 0.324 e. The summed E-state index contributed by atoms with van der Waals surface area (Å²) in [6.45, 7) is 20.0. The molecule has 0 bridgehead atoms. The summed E-state index contributed by atoms with van der Waals surface area (Å²) in [5.41, 5.74) is 4.31. The fourth-order valence-corrected chi connectivity index (χ4v) is 15.2. The molecule has 306 valence electrons. The highest BCUT2D eigenvalue weighted by Gasteiger charge is 2.65. The Hall–Kier alpha value is -1.84. The number of ether oxygens (including phenoxy) is 1. The van der Waals surface area contributed by atoms with Gasteiger partial charge >= 0.3 is 5.97 Å². The van der Waals surface area contributed by atoms with Crippen LogP contribution in [-0.4, -0.2) is 82.7 Å². The average molecular weight is 773 g/mol. The van der Waals surface area contributed by atoms with Crippen molar-refractivity contribution in [3.63, 3.8) is 0 Å². The Morgan fingerprint density at radius 3 is 2.46 bits per heavy atom. The normalized spacial score (nSPS) is 40.9. The smallest absolute Gasteiger partial charge is 0.324 e. The third kappa shape index (κ3) is 8.26. The molecule has 1 heterocycles. The van der Waals surface area contributed by atoms with Crippen LogP contribution in [0.3, 0.4) is 0 Å². The van der Waals surface area contributed by atoms with Crippen LogP contribution in [-0.2, 0) is 25.1 Å². The van der Waals surface area contributed by atoms with E-state index in [1.807, 2.05) is 13.8 Å².